The summed E-state index contributed by atoms with van der Waals surface area (Å²) >= 11 is 0. The smallest absolute Gasteiger partial charge is 0.288 e. The number of nitrogens with one attached hydrogen (secondary N) is 1. The topological polar surface area (TPSA) is 88.4 Å². The Morgan fingerprint density at radius 2 is 2.05 bits per heavy atom. The summed E-state index contributed by atoms with van der Waals surface area (Å²) < 4.78 is 0. The van der Waals surface area contributed by atoms with E-state index in [1.54, 1.807) is 11.9 Å². The van der Waals surface area contributed by atoms with E-state index >= 15 is 0 Å². The Hall–Kier alpha value is -2.18. The molecule has 1 aromatic rings. The zero-order valence-corrected chi connectivity index (χ0v) is 12.5. The maximum absolute atomic E-state index is 12.6. The van der Waals surface area contributed by atoms with Crippen molar-refractivity contribution >= 4 is 17.4 Å². The summed E-state index contributed by atoms with van der Waals surface area (Å²) in [5.41, 5.74) is 0.324. The largest absolute Gasteiger partial charge is 0.372 e. The standard InChI is InChI=1S/C14H20N4O3/c1-14(2)4-6-17(7-5-14)13(19)11-8-10(18(20)21)9-16-12(11)15-3/h8-9H,4-7H2,1-3H3,(H,15,16). The average Bonchev–Trinajstić information content (AvgIpc) is 2.45. The number of piperidine rings is 1. The van der Waals surface area contributed by atoms with E-state index in [4.69, 9.17) is 0 Å². The SMILES string of the molecule is CNc1ncc([N+](=O)[O-])cc1C(=O)N1CCC(C)(C)CC1. The number of carbonyl (C=O) groups is 1. The van der Waals surface area contributed by atoms with Crippen molar-refractivity contribution in [2.24, 2.45) is 5.41 Å². The number of aromatic nitrogens is 1. The van der Waals surface area contributed by atoms with Gasteiger partial charge in [-0.05, 0) is 18.3 Å². The predicted molar refractivity (Wildman–Crippen MR) is 79.4 cm³/mol. The Balaban J connectivity index is 2.26. The van der Waals surface area contributed by atoms with Crippen LogP contribution in [0, 0.1) is 15.5 Å². The summed E-state index contributed by atoms with van der Waals surface area (Å²) in [6.07, 6.45) is 3.01. The monoisotopic (exact) mass is 292 g/mol. The van der Waals surface area contributed by atoms with Gasteiger partial charge in [0.1, 0.15) is 12.0 Å². The second-order valence-electron chi connectivity index (χ2n) is 6.05. The maximum Gasteiger partial charge on any atom is 0.288 e. The van der Waals surface area contributed by atoms with Crippen LogP contribution in [0.2, 0.25) is 0 Å². The predicted octanol–water partition coefficient (Wildman–Crippen LogP) is 2.29. The molecular weight excluding hydrogens is 272 g/mol. The molecular formula is C14H20N4O3. The van der Waals surface area contributed by atoms with Crippen LogP contribution in [0.1, 0.15) is 37.0 Å². The van der Waals surface area contributed by atoms with Crippen LogP contribution in [-0.4, -0.2) is 40.9 Å². The molecule has 2 heterocycles. The van der Waals surface area contributed by atoms with Gasteiger partial charge in [-0.25, -0.2) is 4.98 Å². The van der Waals surface area contributed by atoms with E-state index in [9.17, 15) is 14.9 Å². The highest BCUT2D eigenvalue weighted by molar-refractivity contribution is 5.99. The summed E-state index contributed by atoms with van der Waals surface area (Å²) in [4.78, 5) is 28.6. The van der Waals surface area contributed by atoms with Gasteiger partial charge in [0.15, 0.2) is 0 Å². The van der Waals surface area contributed by atoms with Crippen LogP contribution in [0.25, 0.3) is 0 Å². The molecule has 7 nitrogen and oxygen atoms in total. The second kappa shape index (κ2) is 5.67. The van der Waals surface area contributed by atoms with Crippen LogP contribution in [0.4, 0.5) is 11.5 Å². The van der Waals surface area contributed by atoms with Crippen LogP contribution in [0.15, 0.2) is 12.3 Å². The number of pyridine rings is 1. The molecule has 1 aliphatic heterocycles. The van der Waals surface area contributed by atoms with Crippen molar-refractivity contribution in [1.29, 1.82) is 0 Å². The van der Waals surface area contributed by atoms with E-state index < -0.39 is 4.92 Å². The minimum Gasteiger partial charge on any atom is -0.372 e. The van der Waals surface area contributed by atoms with Crippen molar-refractivity contribution < 1.29 is 9.72 Å². The summed E-state index contributed by atoms with van der Waals surface area (Å²) in [6, 6.07) is 1.29. The zero-order valence-electron chi connectivity index (χ0n) is 12.5. The lowest BCUT2D eigenvalue weighted by Crippen LogP contribution is -2.41. The Morgan fingerprint density at radius 3 is 2.57 bits per heavy atom. The van der Waals surface area contributed by atoms with Gasteiger partial charge in [-0.15, -0.1) is 0 Å². The maximum atomic E-state index is 12.6. The zero-order chi connectivity index (χ0) is 15.6. The molecule has 0 atom stereocenters. The molecule has 0 saturated carbocycles. The second-order valence-corrected chi connectivity index (χ2v) is 6.05. The third-order valence-corrected chi connectivity index (χ3v) is 3.96. The van der Waals surface area contributed by atoms with Crippen molar-refractivity contribution in [3.63, 3.8) is 0 Å². The van der Waals surface area contributed by atoms with Gasteiger partial charge in [0.05, 0.1) is 10.5 Å². The number of hydrogen-bond acceptors (Lipinski definition) is 5. The molecule has 7 heteroatoms. The van der Waals surface area contributed by atoms with Gasteiger partial charge in [0.25, 0.3) is 11.6 Å². The Kier molecular flexibility index (Phi) is 4.11. The molecule has 0 aliphatic carbocycles. The molecule has 0 bridgehead atoms. The first kappa shape index (κ1) is 15.2. The van der Waals surface area contributed by atoms with Gasteiger partial charge in [0, 0.05) is 26.2 Å². The Labute approximate surface area is 123 Å². The Bertz CT molecular complexity index is 561. The fraction of sp³-hybridized carbons (Fsp3) is 0.571. The van der Waals surface area contributed by atoms with Crippen LogP contribution >= 0.6 is 0 Å². The van der Waals surface area contributed by atoms with Crippen molar-refractivity contribution in [3.05, 3.63) is 27.9 Å². The highest BCUT2D eigenvalue weighted by Gasteiger charge is 2.30. The van der Waals surface area contributed by atoms with Crippen LogP contribution < -0.4 is 5.32 Å². The van der Waals surface area contributed by atoms with E-state index in [0.717, 1.165) is 19.0 Å². The van der Waals surface area contributed by atoms with Crippen LogP contribution in [-0.2, 0) is 0 Å². The first-order valence-corrected chi connectivity index (χ1v) is 6.95. The highest BCUT2D eigenvalue weighted by atomic mass is 16.6. The number of anilines is 1. The van der Waals surface area contributed by atoms with Crippen molar-refractivity contribution in [2.45, 2.75) is 26.7 Å². The van der Waals surface area contributed by atoms with Gasteiger partial charge in [-0.2, -0.15) is 0 Å². The highest BCUT2D eigenvalue weighted by Crippen LogP contribution is 2.31. The van der Waals surface area contributed by atoms with E-state index in [2.05, 4.69) is 24.1 Å². The summed E-state index contributed by atoms with van der Waals surface area (Å²) in [6.45, 7) is 5.70. The lowest BCUT2D eigenvalue weighted by molar-refractivity contribution is -0.385. The molecule has 0 unspecified atom stereocenters. The lowest BCUT2D eigenvalue weighted by atomic mass is 9.82. The third-order valence-electron chi connectivity index (χ3n) is 3.96. The van der Waals surface area contributed by atoms with E-state index in [1.807, 2.05) is 0 Å². The van der Waals surface area contributed by atoms with Crippen LogP contribution in [0.5, 0.6) is 0 Å². The molecule has 1 N–H and O–H groups in total. The molecule has 21 heavy (non-hydrogen) atoms. The molecule has 0 spiro atoms. The van der Waals surface area contributed by atoms with Gasteiger partial charge in [-0.1, -0.05) is 13.8 Å². The normalized spacial score (nSPS) is 17.4. The number of hydrogen-bond donors (Lipinski definition) is 1. The number of carbonyl (C=O) groups excluding carboxylic acids is 1. The summed E-state index contributed by atoms with van der Waals surface area (Å²) in [5, 5.41) is 13.7. The third kappa shape index (κ3) is 3.29. The Morgan fingerprint density at radius 1 is 1.43 bits per heavy atom. The van der Waals surface area contributed by atoms with Crippen molar-refractivity contribution in [3.8, 4) is 0 Å². The lowest BCUT2D eigenvalue weighted by Gasteiger charge is -2.37. The number of rotatable bonds is 3. The quantitative estimate of drug-likeness (QED) is 0.682. The fourth-order valence-electron chi connectivity index (χ4n) is 2.40. The van der Waals surface area contributed by atoms with Gasteiger partial charge >= 0.3 is 0 Å². The molecule has 1 fully saturated rings. The van der Waals surface area contributed by atoms with Crippen molar-refractivity contribution in [1.82, 2.24) is 9.88 Å². The average molecular weight is 292 g/mol. The summed E-state index contributed by atoms with van der Waals surface area (Å²) in [5.74, 6) is 0.168. The van der Waals surface area contributed by atoms with Crippen LogP contribution in [0.3, 0.4) is 0 Å². The van der Waals surface area contributed by atoms with Gasteiger partial charge < -0.3 is 10.2 Å². The van der Waals surface area contributed by atoms with E-state index in [1.165, 1.54) is 6.07 Å². The molecule has 1 aliphatic rings. The van der Waals surface area contributed by atoms with Gasteiger partial charge in [0.2, 0.25) is 0 Å². The summed E-state index contributed by atoms with van der Waals surface area (Å²) in [7, 11) is 1.64. The number of nitrogens with zero attached hydrogens (tertiary/aromatic N) is 3. The first-order valence-electron chi connectivity index (χ1n) is 6.95. The minimum atomic E-state index is -0.539. The first-order chi connectivity index (χ1) is 9.84. The molecule has 1 aromatic heterocycles. The molecule has 114 valence electrons. The number of nitro groups is 1. The van der Waals surface area contributed by atoms with E-state index in [0.29, 0.717) is 18.9 Å². The molecule has 1 saturated heterocycles. The molecule has 0 aromatic carbocycles. The van der Waals surface area contributed by atoms with E-state index in [-0.39, 0.29) is 22.6 Å². The molecule has 0 radical (unpaired) electrons. The van der Waals surface area contributed by atoms with Gasteiger partial charge in [-0.3, -0.25) is 14.9 Å². The fourth-order valence-corrected chi connectivity index (χ4v) is 2.40. The van der Waals surface area contributed by atoms with Crippen molar-refractivity contribution in [2.75, 3.05) is 25.5 Å². The minimum absolute atomic E-state index is 0.172. The molecule has 2 rings (SSSR count). The number of amides is 1. The molecule has 1 amide bonds. The number of likely N-dealkylation sites (tertiary alicyclic amines) is 1.